The van der Waals surface area contributed by atoms with Gasteiger partial charge in [-0.2, -0.15) is 0 Å². The third kappa shape index (κ3) is 5.53. The van der Waals surface area contributed by atoms with Gasteiger partial charge in [0.2, 0.25) is 5.91 Å². The minimum absolute atomic E-state index is 0.0647. The summed E-state index contributed by atoms with van der Waals surface area (Å²) in [6, 6.07) is 0.173. The molecule has 14 heavy (non-hydrogen) atoms. The van der Waals surface area contributed by atoms with Crippen molar-refractivity contribution < 1.29 is 14.7 Å². The van der Waals surface area contributed by atoms with Gasteiger partial charge in [-0.3, -0.25) is 14.5 Å². The molecule has 0 saturated heterocycles. The summed E-state index contributed by atoms with van der Waals surface area (Å²) in [4.78, 5) is 23.3. The first-order valence-corrected chi connectivity index (χ1v) is 4.63. The number of carboxylic acids is 1. The summed E-state index contributed by atoms with van der Waals surface area (Å²) in [5.41, 5.74) is 0. The maximum Gasteiger partial charge on any atom is 0.304 e. The normalized spacial score (nSPS) is 10.6. The Kier molecular flexibility index (Phi) is 5.87. The number of carboxylic acid groups (broad SMARTS) is 1. The molecule has 0 aromatic rings. The average molecular weight is 202 g/mol. The van der Waals surface area contributed by atoms with Crippen molar-refractivity contribution in [2.75, 3.05) is 20.1 Å². The molecule has 0 atom stereocenters. The number of amides is 1. The van der Waals surface area contributed by atoms with Crippen LogP contribution in [0.15, 0.2) is 0 Å². The minimum Gasteiger partial charge on any atom is -0.481 e. The molecule has 0 aromatic heterocycles. The first-order valence-electron chi connectivity index (χ1n) is 4.63. The molecule has 0 radical (unpaired) electrons. The third-order valence-electron chi connectivity index (χ3n) is 1.97. The number of likely N-dealkylation sites (N-methyl/N-ethyl adjacent to an activating group) is 1. The smallest absolute Gasteiger partial charge is 0.304 e. The van der Waals surface area contributed by atoms with Crippen LogP contribution in [0.4, 0.5) is 0 Å². The van der Waals surface area contributed by atoms with Gasteiger partial charge >= 0.3 is 5.97 Å². The van der Waals surface area contributed by atoms with E-state index in [1.54, 1.807) is 7.05 Å². The summed E-state index contributed by atoms with van der Waals surface area (Å²) in [5.74, 6) is -0.934. The van der Waals surface area contributed by atoms with Crippen LogP contribution in [0.25, 0.3) is 0 Å². The topological polar surface area (TPSA) is 69.6 Å². The monoisotopic (exact) mass is 202 g/mol. The van der Waals surface area contributed by atoms with E-state index in [1.807, 2.05) is 18.7 Å². The van der Waals surface area contributed by atoms with Crippen LogP contribution in [-0.4, -0.2) is 48.1 Å². The molecule has 2 N–H and O–H groups in total. The van der Waals surface area contributed by atoms with Crippen molar-refractivity contribution in [2.24, 2.45) is 0 Å². The fourth-order valence-electron chi connectivity index (χ4n) is 1.02. The van der Waals surface area contributed by atoms with Crippen molar-refractivity contribution in [1.29, 1.82) is 0 Å². The quantitative estimate of drug-likeness (QED) is 0.632. The predicted octanol–water partition coefficient (Wildman–Crippen LogP) is -0.0825. The molecule has 0 unspecified atom stereocenters. The molecule has 0 heterocycles. The maximum absolute atomic E-state index is 11.1. The summed E-state index contributed by atoms with van der Waals surface area (Å²) >= 11 is 0. The van der Waals surface area contributed by atoms with Crippen molar-refractivity contribution in [1.82, 2.24) is 10.2 Å². The summed E-state index contributed by atoms with van der Waals surface area (Å²) < 4.78 is 0. The maximum atomic E-state index is 11.1. The Hall–Kier alpha value is -1.10. The van der Waals surface area contributed by atoms with E-state index in [0.29, 0.717) is 6.54 Å². The summed E-state index contributed by atoms with van der Waals surface area (Å²) in [5, 5.41) is 11.0. The molecule has 1 amide bonds. The van der Waals surface area contributed by atoms with Crippen molar-refractivity contribution in [3.63, 3.8) is 0 Å². The Labute approximate surface area is 84.1 Å². The molecule has 82 valence electrons. The lowest BCUT2D eigenvalue weighted by Gasteiger charge is -2.24. The van der Waals surface area contributed by atoms with Gasteiger partial charge in [-0.15, -0.1) is 0 Å². The number of aliphatic carboxylic acids is 1. The lowest BCUT2D eigenvalue weighted by atomic mass is 10.3. The number of nitrogens with zero attached hydrogens (tertiary/aromatic N) is 1. The number of nitrogens with one attached hydrogen (secondary N) is 1. The van der Waals surface area contributed by atoms with E-state index in [4.69, 9.17) is 5.11 Å². The Morgan fingerprint density at radius 2 is 2.00 bits per heavy atom. The van der Waals surface area contributed by atoms with Crippen LogP contribution in [0, 0.1) is 0 Å². The molecule has 5 heteroatoms. The molecule has 0 aliphatic carbocycles. The molecule has 0 aromatic carbocycles. The van der Waals surface area contributed by atoms with E-state index in [-0.39, 0.29) is 24.9 Å². The van der Waals surface area contributed by atoms with E-state index >= 15 is 0 Å². The van der Waals surface area contributed by atoms with Gasteiger partial charge in [-0.25, -0.2) is 0 Å². The van der Waals surface area contributed by atoms with Gasteiger partial charge in [-0.05, 0) is 13.8 Å². The molecule has 0 aliphatic heterocycles. The van der Waals surface area contributed by atoms with Crippen molar-refractivity contribution in [3.8, 4) is 0 Å². The second kappa shape index (κ2) is 6.37. The molecule has 0 spiro atoms. The average Bonchev–Trinajstić information content (AvgIpc) is 2.10. The third-order valence-corrected chi connectivity index (χ3v) is 1.97. The van der Waals surface area contributed by atoms with E-state index in [1.165, 1.54) is 0 Å². The number of hydrogen-bond donors (Lipinski definition) is 2. The van der Waals surface area contributed by atoms with Crippen LogP contribution in [0.3, 0.4) is 0 Å². The minimum atomic E-state index is -0.840. The van der Waals surface area contributed by atoms with Gasteiger partial charge in [0.05, 0.1) is 13.0 Å². The van der Waals surface area contributed by atoms with Gasteiger partial charge < -0.3 is 10.4 Å². The van der Waals surface area contributed by atoms with E-state index < -0.39 is 5.97 Å². The molecule has 0 bridgehead atoms. The van der Waals surface area contributed by atoms with Crippen molar-refractivity contribution in [3.05, 3.63) is 0 Å². The number of hydrogen-bond acceptors (Lipinski definition) is 3. The van der Waals surface area contributed by atoms with Gasteiger partial charge in [0.15, 0.2) is 0 Å². The highest BCUT2D eigenvalue weighted by molar-refractivity contribution is 5.77. The molecular formula is C9H18N2O3. The zero-order valence-electron chi connectivity index (χ0n) is 8.91. The fraction of sp³-hybridized carbons (Fsp3) is 0.778. The standard InChI is InChI=1S/C9H18N2O3/c1-7(2)11(5-4-9(13)14)6-8(12)10-3/h7H,4-6H2,1-3H3,(H,10,12)(H,13,14). The summed E-state index contributed by atoms with van der Waals surface area (Å²) in [7, 11) is 1.57. The second-order valence-corrected chi connectivity index (χ2v) is 3.38. The van der Waals surface area contributed by atoms with Gasteiger partial charge in [0, 0.05) is 19.6 Å². The second-order valence-electron chi connectivity index (χ2n) is 3.38. The predicted molar refractivity (Wildman–Crippen MR) is 53.0 cm³/mol. The Morgan fingerprint density at radius 3 is 2.36 bits per heavy atom. The number of carbonyl (C=O) groups is 2. The Morgan fingerprint density at radius 1 is 1.43 bits per heavy atom. The zero-order chi connectivity index (χ0) is 11.1. The lowest BCUT2D eigenvalue weighted by Crippen LogP contribution is -2.40. The van der Waals surface area contributed by atoms with Crippen molar-refractivity contribution >= 4 is 11.9 Å². The largest absolute Gasteiger partial charge is 0.481 e. The molecule has 0 saturated carbocycles. The first kappa shape index (κ1) is 12.9. The summed E-state index contributed by atoms with van der Waals surface area (Å²) in [6.07, 6.45) is 0.0647. The van der Waals surface area contributed by atoms with Crippen molar-refractivity contribution in [2.45, 2.75) is 26.3 Å². The van der Waals surface area contributed by atoms with Crippen LogP contribution in [0.1, 0.15) is 20.3 Å². The number of rotatable bonds is 6. The Balaban J connectivity index is 4.02. The van der Waals surface area contributed by atoms with E-state index in [0.717, 1.165) is 0 Å². The van der Waals surface area contributed by atoms with Gasteiger partial charge in [0.1, 0.15) is 0 Å². The van der Waals surface area contributed by atoms with Gasteiger partial charge in [0.25, 0.3) is 0 Å². The summed E-state index contributed by atoms with van der Waals surface area (Å²) in [6.45, 7) is 4.53. The van der Waals surface area contributed by atoms with Crippen LogP contribution in [-0.2, 0) is 9.59 Å². The first-order chi connectivity index (χ1) is 6.47. The van der Waals surface area contributed by atoms with E-state index in [9.17, 15) is 9.59 Å². The zero-order valence-corrected chi connectivity index (χ0v) is 8.91. The number of carbonyl (C=O) groups excluding carboxylic acids is 1. The molecule has 0 aliphatic rings. The highest BCUT2D eigenvalue weighted by atomic mass is 16.4. The van der Waals surface area contributed by atoms with Crippen LogP contribution < -0.4 is 5.32 Å². The molecule has 0 rings (SSSR count). The molecule has 0 fully saturated rings. The molecule has 5 nitrogen and oxygen atoms in total. The van der Waals surface area contributed by atoms with Crippen LogP contribution >= 0.6 is 0 Å². The molecular weight excluding hydrogens is 184 g/mol. The highest BCUT2D eigenvalue weighted by Gasteiger charge is 2.13. The van der Waals surface area contributed by atoms with Crippen LogP contribution in [0.2, 0.25) is 0 Å². The van der Waals surface area contributed by atoms with Crippen LogP contribution in [0.5, 0.6) is 0 Å². The van der Waals surface area contributed by atoms with Gasteiger partial charge in [-0.1, -0.05) is 0 Å². The van der Waals surface area contributed by atoms with E-state index in [2.05, 4.69) is 5.32 Å². The highest BCUT2D eigenvalue weighted by Crippen LogP contribution is 1.99. The Bertz CT molecular complexity index is 204. The lowest BCUT2D eigenvalue weighted by molar-refractivity contribution is -0.138. The SMILES string of the molecule is CNC(=O)CN(CCC(=O)O)C(C)C. The fourth-order valence-corrected chi connectivity index (χ4v) is 1.02.